The first kappa shape index (κ1) is 13.8. The molecule has 0 aliphatic carbocycles. The monoisotopic (exact) mass is 253 g/mol. The first-order chi connectivity index (χ1) is 8.34. The minimum atomic E-state index is -1.17. The maximum atomic E-state index is 11.8. The number of aromatic hydroxyl groups is 2. The zero-order chi connectivity index (χ0) is 13.9. The summed E-state index contributed by atoms with van der Waals surface area (Å²) in [6, 6.07) is 2.76. The van der Waals surface area contributed by atoms with Gasteiger partial charge in [-0.25, -0.2) is 4.79 Å². The fourth-order valence-corrected chi connectivity index (χ4v) is 1.49. The van der Waals surface area contributed by atoms with Gasteiger partial charge < -0.3 is 20.6 Å². The number of aliphatic carboxylic acids is 1. The third-order valence-corrected chi connectivity index (χ3v) is 2.47. The van der Waals surface area contributed by atoms with Crippen molar-refractivity contribution in [1.82, 2.24) is 5.32 Å². The molecule has 1 atom stereocenters. The zero-order valence-electron chi connectivity index (χ0n) is 10.0. The lowest BCUT2D eigenvalue weighted by atomic mass is 10.0. The van der Waals surface area contributed by atoms with E-state index in [1.165, 1.54) is 18.2 Å². The van der Waals surface area contributed by atoms with Gasteiger partial charge in [0.1, 0.15) is 23.1 Å². The van der Waals surface area contributed by atoms with Crippen LogP contribution >= 0.6 is 0 Å². The predicted octanol–water partition coefficient (Wildman–Crippen LogP) is 0.937. The van der Waals surface area contributed by atoms with Gasteiger partial charge in [0.15, 0.2) is 0 Å². The molecular weight excluding hydrogens is 238 g/mol. The summed E-state index contributed by atoms with van der Waals surface area (Å²) in [4.78, 5) is 22.7. The number of amides is 1. The van der Waals surface area contributed by atoms with Crippen molar-refractivity contribution < 1.29 is 24.9 Å². The van der Waals surface area contributed by atoms with Gasteiger partial charge in [-0.15, -0.1) is 0 Å². The van der Waals surface area contributed by atoms with Gasteiger partial charge in [0.05, 0.1) is 0 Å². The number of rotatable bonds is 4. The van der Waals surface area contributed by atoms with Gasteiger partial charge in [-0.3, -0.25) is 4.79 Å². The van der Waals surface area contributed by atoms with Crippen LogP contribution in [0.25, 0.3) is 0 Å². The molecule has 98 valence electrons. The highest BCUT2D eigenvalue weighted by molar-refractivity contribution is 6.01. The average Bonchev–Trinajstić information content (AvgIpc) is 2.24. The summed E-state index contributed by atoms with van der Waals surface area (Å²) in [6.07, 6.45) is 0. The summed E-state index contributed by atoms with van der Waals surface area (Å²) < 4.78 is 0. The first-order valence-corrected chi connectivity index (χ1v) is 5.39. The van der Waals surface area contributed by atoms with Crippen LogP contribution in [0, 0.1) is 5.92 Å². The first-order valence-electron chi connectivity index (χ1n) is 5.39. The average molecular weight is 253 g/mol. The van der Waals surface area contributed by atoms with Crippen molar-refractivity contribution in [1.29, 1.82) is 0 Å². The minimum absolute atomic E-state index is 0.320. The SMILES string of the molecule is CC(C)[C@@H](NC(=O)c1c(O)cccc1O)C(=O)O. The minimum Gasteiger partial charge on any atom is -0.507 e. The summed E-state index contributed by atoms with van der Waals surface area (Å²) in [6.45, 7) is 3.29. The van der Waals surface area contributed by atoms with Crippen molar-refractivity contribution in [3.05, 3.63) is 23.8 Å². The van der Waals surface area contributed by atoms with Gasteiger partial charge in [-0.05, 0) is 18.1 Å². The fraction of sp³-hybridized carbons (Fsp3) is 0.333. The summed E-state index contributed by atoms with van der Waals surface area (Å²) in [7, 11) is 0. The van der Waals surface area contributed by atoms with Crippen LogP contribution in [0.4, 0.5) is 0 Å². The molecule has 18 heavy (non-hydrogen) atoms. The largest absolute Gasteiger partial charge is 0.507 e. The smallest absolute Gasteiger partial charge is 0.326 e. The maximum absolute atomic E-state index is 11.8. The molecule has 0 spiro atoms. The second kappa shape index (κ2) is 5.39. The van der Waals surface area contributed by atoms with Gasteiger partial charge >= 0.3 is 5.97 Å². The Labute approximate surface area is 104 Å². The summed E-state index contributed by atoms with van der Waals surface area (Å²) in [5.41, 5.74) is -0.329. The number of carboxylic acids is 1. The van der Waals surface area contributed by atoms with E-state index in [9.17, 15) is 19.8 Å². The highest BCUT2D eigenvalue weighted by Gasteiger charge is 2.26. The van der Waals surface area contributed by atoms with Gasteiger partial charge in [-0.2, -0.15) is 0 Å². The topological polar surface area (TPSA) is 107 Å². The lowest BCUT2D eigenvalue weighted by Crippen LogP contribution is -2.44. The third kappa shape index (κ3) is 2.91. The van der Waals surface area contributed by atoms with Crippen molar-refractivity contribution in [2.24, 2.45) is 5.92 Å². The number of benzene rings is 1. The quantitative estimate of drug-likeness (QED) is 0.638. The van der Waals surface area contributed by atoms with Crippen molar-refractivity contribution in [3.63, 3.8) is 0 Å². The van der Waals surface area contributed by atoms with Crippen LogP contribution in [-0.2, 0) is 4.79 Å². The molecule has 1 aromatic carbocycles. The van der Waals surface area contributed by atoms with E-state index in [4.69, 9.17) is 5.11 Å². The summed E-state index contributed by atoms with van der Waals surface area (Å²) in [5, 5.41) is 30.2. The Morgan fingerprint density at radius 3 is 2.06 bits per heavy atom. The van der Waals surface area contributed by atoms with Crippen LogP contribution in [0.5, 0.6) is 11.5 Å². The number of phenols is 2. The number of nitrogens with one attached hydrogen (secondary N) is 1. The second-order valence-corrected chi connectivity index (χ2v) is 4.20. The van der Waals surface area contributed by atoms with Gasteiger partial charge in [0.2, 0.25) is 0 Å². The predicted molar refractivity (Wildman–Crippen MR) is 63.5 cm³/mol. The van der Waals surface area contributed by atoms with Crippen LogP contribution < -0.4 is 5.32 Å². The molecule has 4 N–H and O–H groups in total. The molecule has 0 aliphatic heterocycles. The zero-order valence-corrected chi connectivity index (χ0v) is 10.0. The molecule has 0 saturated carbocycles. The molecule has 0 fully saturated rings. The highest BCUT2D eigenvalue weighted by atomic mass is 16.4. The second-order valence-electron chi connectivity index (χ2n) is 4.20. The Bertz CT molecular complexity index is 449. The molecule has 0 heterocycles. The van der Waals surface area contributed by atoms with E-state index in [1.807, 2.05) is 0 Å². The molecular formula is C12H15NO5. The van der Waals surface area contributed by atoms with E-state index >= 15 is 0 Å². The number of carboxylic acid groups (broad SMARTS) is 1. The number of carbonyl (C=O) groups excluding carboxylic acids is 1. The van der Waals surface area contributed by atoms with Gasteiger partial charge in [0.25, 0.3) is 5.91 Å². The molecule has 0 bridgehead atoms. The lowest BCUT2D eigenvalue weighted by molar-refractivity contribution is -0.140. The molecule has 0 aliphatic rings. The summed E-state index contributed by atoms with van der Waals surface area (Å²) in [5.74, 6) is -3.12. The Hall–Kier alpha value is -2.24. The van der Waals surface area contributed by atoms with E-state index in [2.05, 4.69) is 5.32 Å². The molecule has 6 nitrogen and oxygen atoms in total. The normalized spacial score (nSPS) is 12.2. The molecule has 0 aromatic heterocycles. The Morgan fingerprint density at radius 1 is 1.17 bits per heavy atom. The van der Waals surface area contributed by atoms with E-state index in [1.54, 1.807) is 13.8 Å². The van der Waals surface area contributed by atoms with Crippen LogP contribution in [0.2, 0.25) is 0 Å². The molecule has 6 heteroatoms. The molecule has 0 radical (unpaired) electrons. The molecule has 0 unspecified atom stereocenters. The number of hydrogen-bond acceptors (Lipinski definition) is 4. The number of hydrogen-bond donors (Lipinski definition) is 4. The fourth-order valence-electron chi connectivity index (χ4n) is 1.49. The van der Waals surface area contributed by atoms with Crippen molar-refractivity contribution >= 4 is 11.9 Å². The van der Waals surface area contributed by atoms with Crippen LogP contribution in [-0.4, -0.2) is 33.2 Å². The lowest BCUT2D eigenvalue weighted by Gasteiger charge is -2.18. The standard InChI is InChI=1S/C12H15NO5/c1-6(2)10(12(17)18)13-11(16)9-7(14)4-3-5-8(9)15/h3-6,10,14-15H,1-2H3,(H,13,16)(H,17,18)/t10-/m1/s1. The van der Waals surface area contributed by atoms with Crippen molar-refractivity contribution in [3.8, 4) is 11.5 Å². The summed E-state index contributed by atoms with van der Waals surface area (Å²) >= 11 is 0. The Balaban J connectivity index is 2.98. The van der Waals surface area contributed by atoms with Crippen LogP contribution in [0.1, 0.15) is 24.2 Å². The maximum Gasteiger partial charge on any atom is 0.326 e. The number of carbonyl (C=O) groups is 2. The highest BCUT2D eigenvalue weighted by Crippen LogP contribution is 2.26. The molecule has 1 amide bonds. The third-order valence-electron chi connectivity index (χ3n) is 2.47. The van der Waals surface area contributed by atoms with E-state index in [-0.39, 0.29) is 11.5 Å². The van der Waals surface area contributed by atoms with Gasteiger partial charge in [-0.1, -0.05) is 19.9 Å². The molecule has 1 rings (SSSR count). The molecule has 0 saturated heterocycles. The van der Waals surface area contributed by atoms with Crippen LogP contribution in [0.3, 0.4) is 0 Å². The Morgan fingerprint density at radius 2 is 1.67 bits per heavy atom. The van der Waals surface area contributed by atoms with E-state index in [0.717, 1.165) is 0 Å². The van der Waals surface area contributed by atoms with E-state index in [0.29, 0.717) is 0 Å². The van der Waals surface area contributed by atoms with E-state index < -0.39 is 29.4 Å². The van der Waals surface area contributed by atoms with Crippen LogP contribution in [0.15, 0.2) is 18.2 Å². The van der Waals surface area contributed by atoms with Gasteiger partial charge in [0, 0.05) is 0 Å². The van der Waals surface area contributed by atoms with Crippen molar-refractivity contribution in [2.75, 3.05) is 0 Å². The Kier molecular flexibility index (Phi) is 4.14. The number of phenolic OH excluding ortho intramolecular Hbond substituents is 2. The van der Waals surface area contributed by atoms with Crippen molar-refractivity contribution in [2.45, 2.75) is 19.9 Å². The molecule has 1 aromatic rings.